The zero-order valence-corrected chi connectivity index (χ0v) is 23.4. The molecule has 1 aliphatic heterocycles. The van der Waals surface area contributed by atoms with Crippen molar-refractivity contribution in [2.24, 2.45) is 5.92 Å². The predicted molar refractivity (Wildman–Crippen MR) is 142 cm³/mol. The molecule has 0 N–H and O–H groups in total. The molecule has 1 fully saturated rings. The molecule has 0 saturated carbocycles. The molecule has 2 aromatic rings. The van der Waals surface area contributed by atoms with E-state index in [1.54, 1.807) is 28.8 Å². The van der Waals surface area contributed by atoms with E-state index in [2.05, 4.69) is 33.9 Å². The molecule has 3 rings (SSSR count). The van der Waals surface area contributed by atoms with E-state index in [9.17, 15) is 19.7 Å². The van der Waals surface area contributed by atoms with Crippen LogP contribution in [0, 0.1) is 16.0 Å². The van der Waals surface area contributed by atoms with Crippen molar-refractivity contribution >= 4 is 37.6 Å². The second kappa shape index (κ2) is 11.1. The predicted octanol–water partition coefficient (Wildman–Crippen LogP) is 5.63. The molecule has 1 amide bonds. The lowest BCUT2D eigenvalue weighted by Gasteiger charge is -2.50. The topological polar surface area (TPSA) is 99.0 Å². The normalized spacial score (nSPS) is 18.9. The van der Waals surface area contributed by atoms with Crippen LogP contribution >= 0.6 is 11.8 Å². The van der Waals surface area contributed by atoms with E-state index in [-0.39, 0.29) is 47.2 Å². The Morgan fingerprint density at radius 1 is 1.14 bits per heavy atom. The summed E-state index contributed by atoms with van der Waals surface area (Å²) < 4.78 is 11.9. The maximum absolute atomic E-state index is 13.2. The number of rotatable bonds is 10. The molecule has 2 aromatic carbocycles. The van der Waals surface area contributed by atoms with Gasteiger partial charge in [-0.15, -0.1) is 11.8 Å². The Hall–Kier alpha value is -2.69. The van der Waals surface area contributed by atoms with E-state index < -0.39 is 19.2 Å². The van der Waals surface area contributed by atoms with Crippen molar-refractivity contribution in [2.75, 3.05) is 6.54 Å². The lowest BCUT2D eigenvalue weighted by molar-refractivity contribution is -0.384. The molecule has 194 valence electrons. The number of hydrogen-bond donors (Lipinski definition) is 0. The van der Waals surface area contributed by atoms with Gasteiger partial charge in [0.15, 0.2) is 8.32 Å². The lowest BCUT2D eigenvalue weighted by atomic mass is 9.93. The number of nitro groups is 1. The third-order valence-electron chi connectivity index (χ3n) is 6.82. The number of hydrogen-bond acceptors (Lipinski definition) is 7. The summed E-state index contributed by atoms with van der Waals surface area (Å²) in [6.07, 6.45) is -0.285. The number of likely N-dealkylation sites (tertiary alicyclic amines) is 1. The number of β-lactam (4-membered cyclic amide) rings is 1. The first kappa shape index (κ1) is 27.9. The van der Waals surface area contributed by atoms with E-state index in [1.807, 2.05) is 37.3 Å². The van der Waals surface area contributed by atoms with Crippen molar-refractivity contribution < 1.29 is 23.7 Å². The van der Waals surface area contributed by atoms with Crippen LogP contribution < -0.4 is 0 Å². The fourth-order valence-corrected chi connectivity index (χ4v) is 6.52. The maximum Gasteiger partial charge on any atom is 0.326 e. The summed E-state index contributed by atoms with van der Waals surface area (Å²) in [7, 11) is -2.09. The molecule has 0 bridgehead atoms. The Bertz CT molecular complexity index is 1090. The fourth-order valence-electron chi connectivity index (χ4n) is 3.70. The average Bonchev–Trinajstić information content (AvgIpc) is 2.80. The number of carbonyl (C=O) groups excluding carboxylic acids is 2. The molecule has 36 heavy (non-hydrogen) atoms. The highest BCUT2D eigenvalue weighted by atomic mass is 32.2. The number of amides is 1. The van der Waals surface area contributed by atoms with Gasteiger partial charge >= 0.3 is 5.97 Å². The van der Waals surface area contributed by atoms with Gasteiger partial charge in [0, 0.05) is 17.0 Å². The van der Waals surface area contributed by atoms with Crippen LogP contribution in [0.15, 0.2) is 59.5 Å². The van der Waals surface area contributed by atoms with Crippen LogP contribution in [0.4, 0.5) is 5.69 Å². The van der Waals surface area contributed by atoms with Crippen molar-refractivity contribution in [3.05, 3.63) is 70.3 Å². The fraction of sp³-hybridized carbons (Fsp3) is 0.462. The Kier molecular flexibility index (Phi) is 8.63. The van der Waals surface area contributed by atoms with E-state index >= 15 is 0 Å². The molecule has 10 heteroatoms. The second-order valence-corrected chi connectivity index (χ2v) is 16.4. The Morgan fingerprint density at radius 3 is 2.31 bits per heavy atom. The van der Waals surface area contributed by atoms with Crippen molar-refractivity contribution in [3.63, 3.8) is 0 Å². The second-order valence-electron chi connectivity index (χ2n) is 10.5. The lowest BCUT2D eigenvalue weighted by Crippen LogP contribution is -2.65. The van der Waals surface area contributed by atoms with E-state index in [0.717, 1.165) is 4.90 Å². The monoisotopic (exact) mass is 530 g/mol. The summed E-state index contributed by atoms with van der Waals surface area (Å²) >= 11 is 1.54. The number of non-ortho nitro benzene ring substituents is 1. The number of esters is 1. The molecule has 0 radical (unpaired) electrons. The first-order valence-electron chi connectivity index (χ1n) is 11.9. The van der Waals surface area contributed by atoms with Gasteiger partial charge in [-0.25, -0.2) is 0 Å². The van der Waals surface area contributed by atoms with Gasteiger partial charge in [-0.05, 0) is 54.9 Å². The molecular formula is C26H34N2O6SSi. The van der Waals surface area contributed by atoms with Crippen molar-refractivity contribution in [1.29, 1.82) is 0 Å². The van der Waals surface area contributed by atoms with Crippen LogP contribution in [0.1, 0.15) is 33.3 Å². The van der Waals surface area contributed by atoms with E-state index in [4.69, 9.17) is 9.16 Å². The molecule has 0 aromatic heterocycles. The van der Waals surface area contributed by atoms with Gasteiger partial charge in [-0.3, -0.25) is 19.7 Å². The summed E-state index contributed by atoms with van der Waals surface area (Å²) in [5.41, 5.74) is 0.602. The minimum absolute atomic E-state index is 0.0114. The highest BCUT2D eigenvalue weighted by Crippen LogP contribution is 2.44. The van der Waals surface area contributed by atoms with Crippen LogP contribution in [-0.2, 0) is 25.4 Å². The van der Waals surface area contributed by atoms with Gasteiger partial charge in [-0.1, -0.05) is 39.0 Å². The highest BCUT2D eigenvalue weighted by molar-refractivity contribution is 8.00. The van der Waals surface area contributed by atoms with Gasteiger partial charge < -0.3 is 14.1 Å². The van der Waals surface area contributed by atoms with Crippen molar-refractivity contribution in [2.45, 2.75) is 68.8 Å². The molecule has 0 unspecified atom stereocenters. The highest BCUT2D eigenvalue weighted by Gasteiger charge is 2.53. The number of ether oxygens (including phenoxy) is 1. The number of nitro benzene ring substituents is 1. The Balaban J connectivity index is 1.68. The molecule has 1 aliphatic rings. The van der Waals surface area contributed by atoms with Crippen molar-refractivity contribution in [1.82, 2.24) is 4.90 Å². The minimum Gasteiger partial charge on any atom is -0.459 e. The Morgan fingerprint density at radius 2 is 1.75 bits per heavy atom. The quantitative estimate of drug-likeness (QED) is 0.129. The van der Waals surface area contributed by atoms with Crippen LogP contribution in [-0.4, -0.2) is 48.0 Å². The molecule has 0 spiro atoms. The number of nitrogens with zero attached hydrogens (tertiary/aromatic N) is 2. The van der Waals surface area contributed by atoms with Crippen LogP contribution in [0.2, 0.25) is 18.1 Å². The van der Waals surface area contributed by atoms with Gasteiger partial charge in [0.2, 0.25) is 5.91 Å². The first-order valence-corrected chi connectivity index (χ1v) is 15.7. The van der Waals surface area contributed by atoms with Crippen LogP contribution in [0.3, 0.4) is 0 Å². The number of carbonyl (C=O) groups is 2. The Labute approximate surface area is 217 Å². The van der Waals surface area contributed by atoms with Gasteiger partial charge in [-0.2, -0.15) is 0 Å². The summed E-state index contributed by atoms with van der Waals surface area (Å²) in [6.45, 7) is 12.6. The summed E-state index contributed by atoms with van der Waals surface area (Å²) in [4.78, 5) is 38.7. The smallest absolute Gasteiger partial charge is 0.326 e. The third-order valence-corrected chi connectivity index (χ3v) is 12.7. The molecule has 1 heterocycles. The SMILES string of the molecule is C[C@H](O[Si](C)(C)C(C)(C)C)[C@@H]1C(=O)N(CC(=O)OCc2ccc([N+](=O)[O-])cc2)[C@H]1Sc1ccccc1. The summed E-state index contributed by atoms with van der Waals surface area (Å²) in [5, 5.41) is 10.6. The number of benzene rings is 2. The minimum atomic E-state index is -2.09. The molecular weight excluding hydrogens is 496 g/mol. The molecule has 3 atom stereocenters. The molecule has 8 nitrogen and oxygen atoms in total. The van der Waals surface area contributed by atoms with E-state index in [0.29, 0.717) is 5.56 Å². The molecule has 1 saturated heterocycles. The molecule has 0 aliphatic carbocycles. The zero-order valence-electron chi connectivity index (χ0n) is 21.6. The van der Waals surface area contributed by atoms with Gasteiger partial charge in [0.25, 0.3) is 5.69 Å². The van der Waals surface area contributed by atoms with Gasteiger partial charge in [0.05, 0.1) is 22.3 Å². The zero-order chi connectivity index (χ0) is 26.7. The average molecular weight is 531 g/mol. The maximum atomic E-state index is 13.2. The van der Waals surface area contributed by atoms with Crippen molar-refractivity contribution in [3.8, 4) is 0 Å². The van der Waals surface area contributed by atoms with E-state index in [1.165, 1.54) is 12.1 Å². The summed E-state index contributed by atoms with van der Waals surface area (Å²) in [5.74, 6) is -1.02. The third kappa shape index (κ3) is 6.54. The van der Waals surface area contributed by atoms with Gasteiger partial charge in [0.1, 0.15) is 13.2 Å². The largest absolute Gasteiger partial charge is 0.459 e. The number of thioether (sulfide) groups is 1. The summed E-state index contributed by atoms with van der Waals surface area (Å²) in [6, 6.07) is 15.6. The van der Waals surface area contributed by atoms with Crippen LogP contribution in [0.5, 0.6) is 0 Å². The standard InChI is InChI=1S/C26H34N2O6SSi/c1-18(34-36(5,6)26(2,3)4)23-24(30)27(25(23)35-21-10-8-7-9-11-21)16-22(29)33-17-19-12-14-20(15-13-19)28(31)32/h7-15,18,23,25H,16-17H2,1-6H3/t18-,23+,25-/m0/s1. The first-order chi connectivity index (χ1) is 16.8. The van der Waals surface area contributed by atoms with Crippen LogP contribution in [0.25, 0.3) is 0 Å².